The molecule has 0 aliphatic carbocycles. The number of rotatable bonds is 4. The van der Waals surface area contributed by atoms with Crippen molar-refractivity contribution < 1.29 is 14.7 Å². The number of carboxylic acid groups (broad SMARTS) is 1. The first-order valence-corrected chi connectivity index (χ1v) is 5.27. The Kier molecular flexibility index (Phi) is 3.48. The van der Waals surface area contributed by atoms with Crippen molar-refractivity contribution in [1.82, 2.24) is 0 Å². The van der Waals surface area contributed by atoms with Gasteiger partial charge in [0.2, 0.25) is 0 Å². The number of carbonyl (C=O) groups is 2. The van der Waals surface area contributed by atoms with Gasteiger partial charge in [-0.05, 0) is 12.5 Å². The molecule has 0 saturated heterocycles. The van der Waals surface area contributed by atoms with E-state index in [-0.39, 0.29) is 11.3 Å². The second-order valence-electron chi connectivity index (χ2n) is 4.42. The molecule has 3 nitrogen and oxygen atoms in total. The monoisotopic (exact) mass is 220 g/mol. The summed E-state index contributed by atoms with van der Waals surface area (Å²) in [5, 5.41) is 9.00. The molecule has 1 N–H and O–H groups in total. The lowest BCUT2D eigenvalue weighted by atomic mass is 9.81. The molecular weight excluding hydrogens is 204 g/mol. The average Bonchev–Trinajstić information content (AvgIpc) is 2.28. The van der Waals surface area contributed by atoms with Crippen molar-refractivity contribution in [3.63, 3.8) is 0 Å². The van der Waals surface area contributed by atoms with E-state index in [2.05, 4.69) is 0 Å². The smallest absolute Gasteiger partial charge is 0.336 e. The van der Waals surface area contributed by atoms with Crippen molar-refractivity contribution in [2.45, 2.75) is 27.2 Å². The minimum atomic E-state index is -1.06. The molecule has 0 radical (unpaired) electrons. The number of ketones is 1. The van der Waals surface area contributed by atoms with E-state index < -0.39 is 11.4 Å². The standard InChI is InChI=1S/C13H16O3/c1-4-13(2,3)11(14)9-7-5-6-8-10(9)12(15)16/h5-8H,4H2,1-3H3,(H,15,16). The Morgan fingerprint density at radius 1 is 1.19 bits per heavy atom. The molecule has 0 amide bonds. The Bertz CT molecular complexity index is 419. The van der Waals surface area contributed by atoms with E-state index in [0.717, 1.165) is 0 Å². The molecule has 0 aliphatic heterocycles. The number of aromatic carboxylic acids is 1. The summed E-state index contributed by atoms with van der Waals surface area (Å²) in [6.45, 7) is 5.57. The van der Waals surface area contributed by atoms with Gasteiger partial charge in [0.15, 0.2) is 5.78 Å². The van der Waals surface area contributed by atoms with Crippen LogP contribution in [0, 0.1) is 5.41 Å². The lowest BCUT2D eigenvalue weighted by Crippen LogP contribution is -2.25. The fraction of sp³-hybridized carbons (Fsp3) is 0.385. The molecule has 0 aliphatic rings. The van der Waals surface area contributed by atoms with Crippen LogP contribution in [0.1, 0.15) is 47.9 Å². The lowest BCUT2D eigenvalue weighted by molar-refractivity contribution is 0.0686. The Labute approximate surface area is 95.1 Å². The molecule has 0 fully saturated rings. The van der Waals surface area contributed by atoms with E-state index in [9.17, 15) is 9.59 Å². The van der Waals surface area contributed by atoms with E-state index in [1.807, 2.05) is 20.8 Å². The average molecular weight is 220 g/mol. The van der Waals surface area contributed by atoms with E-state index in [1.54, 1.807) is 18.2 Å². The topological polar surface area (TPSA) is 54.4 Å². The minimum Gasteiger partial charge on any atom is -0.478 e. The first-order valence-electron chi connectivity index (χ1n) is 5.27. The van der Waals surface area contributed by atoms with Crippen LogP contribution < -0.4 is 0 Å². The predicted molar refractivity (Wildman–Crippen MR) is 61.8 cm³/mol. The summed E-state index contributed by atoms with van der Waals surface area (Å²) in [5.41, 5.74) is -0.151. The molecule has 1 aromatic rings. The van der Waals surface area contributed by atoms with Gasteiger partial charge in [0.25, 0.3) is 0 Å². The van der Waals surface area contributed by atoms with Crippen LogP contribution in [0.15, 0.2) is 24.3 Å². The zero-order chi connectivity index (χ0) is 12.3. The summed E-state index contributed by atoms with van der Waals surface area (Å²) in [6, 6.07) is 6.34. The van der Waals surface area contributed by atoms with Gasteiger partial charge in [-0.1, -0.05) is 39.0 Å². The molecular formula is C13H16O3. The van der Waals surface area contributed by atoms with Gasteiger partial charge in [0, 0.05) is 11.0 Å². The largest absolute Gasteiger partial charge is 0.478 e. The molecule has 0 bridgehead atoms. The Balaban J connectivity index is 3.24. The van der Waals surface area contributed by atoms with Gasteiger partial charge < -0.3 is 5.11 Å². The molecule has 0 heterocycles. The van der Waals surface area contributed by atoms with Crippen LogP contribution in [-0.4, -0.2) is 16.9 Å². The van der Waals surface area contributed by atoms with E-state index in [0.29, 0.717) is 12.0 Å². The van der Waals surface area contributed by atoms with Gasteiger partial charge in [-0.2, -0.15) is 0 Å². The summed E-state index contributed by atoms with van der Waals surface area (Å²) in [5.74, 6) is -1.18. The second-order valence-corrected chi connectivity index (χ2v) is 4.42. The van der Waals surface area contributed by atoms with Crippen molar-refractivity contribution in [3.8, 4) is 0 Å². The van der Waals surface area contributed by atoms with Crippen LogP contribution >= 0.6 is 0 Å². The molecule has 3 heteroatoms. The Hall–Kier alpha value is -1.64. The number of hydrogen-bond donors (Lipinski definition) is 1. The maximum Gasteiger partial charge on any atom is 0.336 e. The summed E-state index contributed by atoms with van der Waals surface area (Å²) in [6.07, 6.45) is 0.680. The zero-order valence-electron chi connectivity index (χ0n) is 9.78. The van der Waals surface area contributed by atoms with Crippen LogP contribution in [0.2, 0.25) is 0 Å². The Morgan fingerprint density at radius 3 is 2.12 bits per heavy atom. The molecule has 0 unspecified atom stereocenters. The molecule has 0 saturated carbocycles. The van der Waals surface area contributed by atoms with Gasteiger partial charge in [0.1, 0.15) is 0 Å². The zero-order valence-corrected chi connectivity index (χ0v) is 9.78. The van der Waals surface area contributed by atoms with Crippen molar-refractivity contribution in [2.24, 2.45) is 5.41 Å². The van der Waals surface area contributed by atoms with Gasteiger partial charge in [-0.15, -0.1) is 0 Å². The highest BCUT2D eigenvalue weighted by Crippen LogP contribution is 2.27. The fourth-order valence-corrected chi connectivity index (χ4v) is 1.39. The number of carboxylic acids is 1. The molecule has 0 atom stereocenters. The second kappa shape index (κ2) is 4.47. The summed E-state index contributed by atoms with van der Waals surface area (Å²) in [7, 11) is 0. The molecule has 1 rings (SSSR count). The van der Waals surface area contributed by atoms with Gasteiger partial charge in [-0.25, -0.2) is 4.79 Å². The SMILES string of the molecule is CCC(C)(C)C(=O)c1ccccc1C(=O)O. The summed E-state index contributed by atoms with van der Waals surface area (Å²) < 4.78 is 0. The van der Waals surface area contributed by atoms with Crippen molar-refractivity contribution in [1.29, 1.82) is 0 Å². The maximum absolute atomic E-state index is 12.2. The summed E-state index contributed by atoms with van der Waals surface area (Å²) in [4.78, 5) is 23.1. The predicted octanol–water partition coefficient (Wildman–Crippen LogP) is 3.00. The van der Waals surface area contributed by atoms with E-state index in [1.165, 1.54) is 6.07 Å². The highest BCUT2D eigenvalue weighted by atomic mass is 16.4. The van der Waals surface area contributed by atoms with Crippen molar-refractivity contribution in [3.05, 3.63) is 35.4 Å². The van der Waals surface area contributed by atoms with Crippen molar-refractivity contribution >= 4 is 11.8 Å². The quantitative estimate of drug-likeness (QED) is 0.793. The molecule has 0 spiro atoms. The lowest BCUT2D eigenvalue weighted by Gasteiger charge is -2.21. The number of Topliss-reactive ketones (excluding diaryl/α,β-unsaturated/α-hetero) is 1. The number of carbonyl (C=O) groups excluding carboxylic acids is 1. The van der Waals surface area contributed by atoms with Crippen LogP contribution in [0.5, 0.6) is 0 Å². The first kappa shape index (κ1) is 12.4. The molecule has 16 heavy (non-hydrogen) atoms. The van der Waals surface area contributed by atoms with E-state index in [4.69, 9.17) is 5.11 Å². The van der Waals surface area contributed by atoms with Crippen LogP contribution in [-0.2, 0) is 0 Å². The third kappa shape index (κ3) is 2.30. The highest BCUT2D eigenvalue weighted by Gasteiger charge is 2.29. The maximum atomic E-state index is 12.2. The third-order valence-electron chi connectivity index (χ3n) is 2.90. The van der Waals surface area contributed by atoms with Crippen LogP contribution in [0.3, 0.4) is 0 Å². The molecule has 0 aromatic heterocycles. The minimum absolute atomic E-state index is 0.0778. The van der Waals surface area contributed by atoms with Crippen molar-refractivity contribution in [2.75, 3.05) is 0 Å². The third-order valence-corrected chi connectivity index (χ3v) is 2.90. The van der Waals surface area contributed by atoms with Gasteiger partial charge in [0.05, 0.1) is 5.56 Å². The number of benzene rings is 1. The Morgan fingerprint density at radius 2 is 1.69 bits per heavy atom. The highest BCUT2D eigenvalue weighted by molar-refractivity contribution is 6.08. The van der Waals surface area contributed by atoms with E-state index >= 15 is 0 Å². The fourth-order valence-electron chi connectivity index (χ4n) is 1.39. The van der Waals surface area contributed by atoms with Crippen LogP contribution in [0.25, 0.3) is 0 Å². The molecule has 1 aromatic carbocycles. The van der Waals surface area contributed by atoms with Gasteiger partial charge >= 0.3 is 5.97 Å². The molecule has 86 valence electrons. The first-order chi connectivity index (χ1) is 7.40. The summed E-state index contributed by atoms with van der Waals surface area (Å²) >= 11 is 0. The van der Waals surface area contributed by atoms with Gasteiger partial charge in [-0.3, -0.25) is 4.79 Å². The normalized spacial score (nSPS) is 11.2. The van der Waals surface area contributed by atoms with Crippen LogP contribution in [0.4, 0.5) is 0 Å². The number of hydrogen-bond acceptors (Lipinski definition) is 2.